The highest BCUT2D eigenvalue weighted by atomic mass is 79.9. The third kappa shape index (κ3) is 3.74. The van der Waals surface area contributed by atoms with E-state index in [0.717, 1.165) is 12.1 Å². The van der Waals surface area contributed by atoms with Crippen LogP contribution in [0.1, 0.15) is 24.2 Å². The molecule has 3 nitrogen and oxygen atoms in total. The van der Waals surface area contributed by atoms with Crippen LogP contribution in [0.25, 0.3) is 0 Å². The van der Waals surface area contributed by atoms with Gasteiger partial charge in [-0.2, -0.15) is 0 Å². The normalized spacial score (nSPS) is 11.4. The number of methoxy groups -OCH3 is 1. The van der Waals surface area contributed by atoms with Gasteiger partial charge in [0.15, 0.2) is 0 Å². The lowest BCUT2D eigenvalue weighted by molar-refractivity contribution is 0.0227. The summed E-state index contributed by atoms with van der Waals surface area (Å²) in [5.41, 5.74) is -1.19. The van der Waals surface area contributed by atoms with Gasteiger partial charge in [0.2, 0.25) is 0 Å². The highest BCUT2D eigenvalue weighted by Gasteiger charge is 2.22. The summed E-state index contributed by atoms with van der Waals surface area (Å²) < 4.78 is 32.3. The lowest BCUT2D eigenvalue weighted by Crippen LogP contribution is -2.40. The third-order valence-corrected chi connectivity index (χ3v) is 2.92. The molecule has 0 heterocycles. The molecule has 0 spiro atoms. The summed E-state index contributed by atoms with van der Waals surface area (Å²) in [7, 11) is 1.49. The second-order valence-corrected chi connectivity index (χ2v) is 5.31. The van der Waals surface area contributed by atoms with Gasteiger partial charge in [0.05, 0.1) is 5.60 Å². The van der Waals surface area contributed by atoms with Crippen molar-refractivity contribution in [3.8, 4) is 0 Å². The molecule has 0 aromatic heterocycles. The molecule has 1 amide bonds. The Kier molecular flexibility index (Phi) is 4.81. The number of hydrogen-bond acceptors (Lipinski definition) is 2. The van der Waals surface area contributed by atoms with Gasteiger partial charge in [-0.25, -0.2) is 8.78 Å². The van der Waals surface area contributed by atoms with Crippen molar-refractivity contribution < 1.29 is 18.3 Å². The Labute approximate surface area is 113 Å². The van der Waals surface area contributed by atoms with Crippen molar-refractivity contribution in [1.29, 1.82) is 0 Å². The van der Waals surface area contributed by atoms with Crippen molar-refractivity contribution in [2.24, 2.45) is 0 Å². The maximum atomic E-state index is 13.5. The predicted octanol–water partition coefficient (Wildman–Crippen LogP) is 2.88. The van der Waals surface area contributed by atoms with Crippen LogP contribution in [0, 0.1) is 11.6 Å². The lowest BCUT2D eigenvalue weighted by Gasteiger charge is -2.23. The Balaban J connectivity index is 2.86. The number of nitrogens with one attached hydrogen (secondary N) is 1. The van der Waals surface area contributed by atoms with Crippen LogP contribution in [0.3, 0.4) is 0 Å². The lowest BCUT2D eigenvalue weighted by atomic mass is 10.1. The average molecular weight is 322 g/mol. The topological polar surface area (TPSA) is 38.3 Å². The Morgan fingerprint density at radius 1 is 1.39 bits per heavy atom. The summed E-state index contributed by atoms with van der Waals surface area (Å²) in [6, 6.07) is 2.08. The molecule has 0 atom stereocenters. The molecule has 100 valence electrons. The van der Waals surface area contributed by atoms with Crippen LogP contribution < -0.4 is 5.32 Å². The molecular formula is C12H14BrF2NO2. The number of rotatable bonds is 4. The Morgan fingerprint density at radius 3 is 2.33 bits per heavy atom. The zero-order valence-corrected chi connectivity index (χ0v) is 11.9. The van der Waals surface area contributed by atoms with Crippen molar-refractivity contribution in [3.05, 3.63) is 33.8 Å². The summed E-state index contributed by atoms with van der Waals surface area (Å²) in [4.78, 5) is 11.7. The molecule has 1 N–H and O–H groups in total. The fourth-order valence-electron chi connectivity index (χ4n) is 1.21. The first-order chi connectivity index (χ1) is 8.26. The van der Waals surface area contributed by atoms with E-state index in [4.69, 9.17) is 4.74 Å². The Morgan fingerprint density at radius 2 is 1.89 bits per heavy atom. The van der Waals surface area contributed by atoms with E-state index in [-0.39, 0.29) is 11.0 Å². The van der Waals surface area contributed by atoms with Gasteiger partial charge in [0.25, 0.3) is 5.91 Å². The standard InChI is InChI=1S/C12H14BrF2NO2/c1-12(2,18-3)6-16-11(17)10-8(14)4-7(13)5-9(10)15/h4-5H,6H2,1-3H3,(H,16,17). The van der Waals surface area contributed by atoms with E-state index in [1.54, 1.807) is 13.8 Å². The monoisotopic (exact) mass is 321 g/mol. The largest absolute Gasteiger partial charge is 0.377 e. The molecule has 0 fully saturated rings. The number of hydrogen-bond donors (Lipinski definition) is 1. The van der Waals surface area contributed by atoms with Gasteiger partial charge in [-0.1, -0.05) is 15.9 Å². The van der Waals surface area contributed by atoms with Gasteiger partial charge >= 0.3 is 0 Å². The Hall–Kier alpha value is -1.01. The van der Waals surface area contributed by atoms with Crippen LogP contribution in [0.5, 0.6) is 0 Å². The van der Waals surface area contributed by atoms with Crippen LogP contribution in [0.2, 0.25) is 0 Å². The van der Waals surface area contributed by atoms with Crippen molar-refractivity contribution >= 4 is 21.8 Å². The van der Waals surface area contributed by atoms with Gasteiger partial charge in [-0.15, -0.1) is 0 Å². The fraction of sp³-hybridized carbons (Fsp3) is 0.417. The maximum absolute atomic E-state index is 13.5. The summed E-state index contributed by atoms with van der Waals surface area (Å²) in [5, 5.41) is 2.43. The van der Waals surface area contributed by atoms with E-state index in [0.29, 0.717) is 0 Å². The van der Waals surface area contributed by atoms with Crippen LogP contribution >= 0.6 is 15.9 Å². The number of halogens is 3. The first kappa shape index (κ1) is 15.0. The van der Waals surface area contributed by atoms with Gasteiger partial charge in [-0.3, -0.25) is 4.79 Å². The number of amides is 1. The minimum Gasteiger partial charge on any atom is -0.377 e. The molecule has 0 aliphatic heterocycles. The fourth-order valence-corrected chi connectivity index (χ4v) is 1.61. The zero-order valence-electron chi connectivity index (χ0n) is 10.3. The molecule has 0 radical (unpaired) electrons. The number of carbonyl (C=O) groups is 1. The summed E-state index contributed by atoms with van der Waals surface area (Å²) >= 11 is 2.95. The Bertz CT molecular complexity index is 440. The molecule has 0 aliphatic rings. The third-order valence-electron chi connectivity index (χ3n) is 2.46. The molecule has 1 rings (SSSR count). The van der Waals surface area contributed by atoms with Crippen LogP contribution in [-0.2, 0) is 4.74 Å². The van der Waals surface area contributed by atoms with Crippen molar-refractivity contribution in [1.82, 2.24) is 5.32 Å². The molecule has 0 saturated heterocycles. The summed E-state index contributed by atoms with van der Waals surface area (Å²) in [6.07, 6.45) is 0. The highest BCUT2D eigenvalue weighted by molar-refractivity contribution is 9.10. The van der Waals surface area contributed by atoms with Crippen molar-refractivity contribution in [2.75, 3.05) is 13.7 Å². The molecule has 0 aliphatic carbocycles. The minimum absolute atomic E-state index is 0.150. The zero-order chi connectivity index (χ0) is 13.9. The average Bonchev–Trinajstić information content (AvgIpc) is 2.25. The maximum Gasteiger partial charge on any atom is 0.257 e. The van der Waals surface area contributed by atoms with Crippen LogP contribution in [0.15, 0.2) is 16.6 Å². The van der Waals surface area contributed by atoms with Crippen LogP contribution in [0.4, 0.5) is 8.78 Å². The predicted molar refractivity (Wildman–Crippen MR) is 67.5 cm³/mol. The molecule has 0 saturated carbocycles. The van der Waals surface area contributed by atoms with Gasteiger partial charge in [0, 0.05) is 18.1 Å². The molecule has 1 aromatic rings. The van der Waals surface area contributed by atoms with E-state index in [2.05, 4.69) is 21.2 Å². The number of benzene rings is 1. The SMILES string of the molecule is COC(C)(C)CNC(=O)c1c(F)cc(Br)cc1F. The van der Waals surface area contributed by atoms with Crippen molar-refractivity contribution in [2.45, 2.75) is 19.4 Å². The molecule has 0 bridgehead atoms. The van der Waals surface area contributed by atoms with E-state index in [9.17, 15) is 13.6 Å². The van der Waals surface area contributed by atoms with Gasteiger partial charge < -0.3 is 10.1 Å². The smallest absolute Gasteiger partial charge is 0.257 e. The molecule has 18 heavy (non-hydrogen) atoms. The highest BCUT2D eigenvalue weighted by Crippen LogP contribution is 2.19. The summed E-state index contributed by atoms with van der Waals surface area (Å²) in [6.45, 7) is 3.65. The van der Waals surface area contributed by atoms with E-state index in [1.165, 1.54) is 7.11 Å². The van der Waals surface area contributed by atoms with Gasteiger partial charge in [-0.05, 0) is 26.0 Å². The van der Waals surface area contributed by atoms with Crippen LogP contribution in [-0.4, -0.2) is 25.2 Å². The first-order valence-corrected chi connectivity index (χ1v) is 6.04. The number of carbonyl (C=O) groups excluding carboxylic acids is 1. The molecule has 0 unspecified atom stereocenters. The second-order valence-electron chi connectivity index (χ2n) is 4.39. The summed E-state index contributed by atoms with van der Waals surface area (Å²) in [5.74, 6) is -2.62. The molecule has 1 aromatic carbocycles. The van der Waals surface area contributed by atoms with E-state index >= 15 is 0 Å². The van der Waals surface area contributed by atoms with E-state index < -0.39 is 28.7 Å². The number of ether oxygens (including phenoxy) is 1. The van der Waals surface area contributed by atoms with E-state index in [1.807, 2.05) is 0 Å². The first-order valence-electron chi connectivity index (χ1n) is 5.25. The minimum atomic E-state index is -0.908. The second kappa shape index (κ2) is 5.75. The van der Waals surface area contributed by atoms with Gasteiger partial charge in [0.1, 0.15) is 17.2 Å². The molecule has 6 heteroatoms. The quantitative estimate of drug-likeness (QED) is 0.926. The van der Waals surface area contributed by atoms with Crippen molar-refractivity contribution in [3.63, 3.8) is 0 Å². The molecular weight excluding hydrogens is 308 g/mol.